The molecule has 1 aromatic rings. The van der Waals surface area contributed by atoms with Gasteiger partial charge >= 0.3 is 0 Å². The Morgan fingerprint density at radius 1 is 1.42 bits per heavy atom. The van der Waals surface area contributed by atoms with Gasteiger partial charge in [0.25, 0.3) is 0 Å². The van der Waals surface area contributed by atoms with E-state index in [9.17, 15) is 0 Å². The number of nitrogen functional groups attached to an aromatic ring is 1. The van der Waals surface area contributed by atoms with Gasteiger partial charge in [-0.2, -0.15) is 0 Å². The van der Waals surface area contributed by atoms with Gasteiger partial charge in [-0.25, -0.2) is 4.98 Å². The Labute approximate surface area is 114 Å². The highest BCUT2D eigenvalue weighted by atomic mass is 15.2. The Morgan fingerprint density at radius 2 is 2.26 bits per heavy atom. The van der Waals surface area contributed by atoms with Crippen LogP contribution in [0.2, 0.25) is 0 Å². The molecule has 19 heavy (non-hydrogen) atoms. The van der Waals surface area contributed by atoms with Crippen molar-refractivity contribution in [2.75, 3.05) is 18.0 Å². The summed E-state index contributed by atoms with van der Waals surface area (Å²) < 4.78 is 0. The second kappa shape index (κ2) is 4.83. The molecule has 4 nitrogen and oxygen atoms in total. The first kappa shape index (κ1) is 12.5. The van der Waals surface area contributed by atoms with Crippen LogP contribution in [-0.2, 0) is 12.8 Å². The normalized spacial score (nSPS) is 22.4. The van der Waals surface area contributed by atoms with Crippen molar-refractivity contribution in [3.8, 4) is 0 Å². The Kier molecular flexibility index (Phi) is 3.17. The van der Waals surface area contributed by atoms with Crippen molar-refractivity contribution in [1.29, 1.82) is 5.41 Å². The Hall–Kier alpha value is -1.58. The average Bonchev–Trinajstić information content (AvgIpc) is 2.84. The minimum absolute atomic E-state index is 0.149. The molecule has 0 amide bonds. The SMILES string of the molecule is CC1CCCN(c2nc3c(cc2C(=N)N)CCC3)C1. The largest absolute Gasteiger partial charge is 0.384 e. The van der Waals surface area contributed by atoms with E-state index in [1.807, 2.05) is 0 Å². The van der Waals surface area contributed by atoms with Crippen LogP contribution in [0.25, 0.3) is 0 Å². The number of aryl methyl sites for hydroxylation is 2. The maximum Gasteiger partial charge on any atom is 0.139 e. The number of nitrogens with two attached hydrogens (primary N) is 1. The molecule has 1 unspecified atom stereocenters. The van der Waals surface area contributed by atoms with Crippen LogP contribution in [0.5, 0.6) is 0 Å². The summed E-state index contributed by atoms with van der Waals surface area (Å²) >= 11 is 0. The third kappa shape index (κ3) is 2.31. The number of nitrogens with one attached hydrogen (secondary N) is 1. The molecule has 1 aliphatic heterocycles. The van der Waals surface area contributed by atoms with Crippen molar-refractivity contribution in [2.45, 2.75) is 39.0 Å². The van der Waals surface area contributed by atoms with Crippen molar-refractivity contribution in [2.24, 2.45) is 11.7 Å². The van der Waals surface area contributed by atoms with Crippen LogP contribution < -0.4 is 10.6 Å². The third-order valence-corrected chi connectivity index (χ3v) is 4.28. The number of nitrogens with zero attached hydrogens (tertiary/aromatic N) is 2. The molecule has 2 aliphatic rings. The van der Waals surface area contributed by atoms with E-state index in [-0.39, 0.29) is 5.84 Å². The van der Waals surface area contributed by atoms with E-state index < -0.39 is 0 Å². The highest BCUT2D eigenvalue weighted by Crippen LogP contribution is 2.29. The predicted molar refractivity (Wildman–Crippen MR) is 77.9 cm³/mol. The van der Waals surface area contributed by atoms with E-state index in [4.69, 9.17) is 16.1 Å². The second-order valence-corrected chi connectivity index (χ2v) is 5.93. The number of pyridine rings is 1. The molecular formula is C15H22N4. The minimum atomic E-state index is 0.149. The van der Waals surface area contributed by atoms with Gasteiger partial charge in [0.2, 0.25) is 0 Å². The second-order valence-electron chi connectivity index (χ2n) is 5.93. The molecule has 0 aromatic carbocycles. The van der Waals surface area contributed by atoms with E-state index in [1.165, 1.54) is 30.5 Å². The maximum atomic E-state index is 7.82. The van der Waals surface area contributed by atoms with Crippen molar-refractivity contribution in [1.82, 2.24) is 4.98 Å². The topological polar surface area (TPSA) is 66.0 Å². The van der Waals surface area contributed by atoms with Crippen LogP contribution in [0.15, 0.2) is 6.07 Å². The van der Waals surface area contributed by atoms with Crippen LogP contribution in [0.3, 0.4) is 0 Å². The lowest BCUT2D eigenvalue weighted by Crippen LogP contribution is -2.36. The zero-order chi connectivity index (χ0) is 13.4. The van der Waals surface area contributed by atoms with Crippen LogP contribution in [-0.4, -0.2) is 23.9 Å². The molecule has 102 valence electrons. The molecule has 0 radical (unpaired) electrons. The zero-order valence-electron chi connectivity index (χ0n) is 11.6. The van der Waals surface area contributed by atoms with Gasteiger partial charge in [-0.05, 0) is 49.7 Å². The summed E-state index contributed by atoms with van der Waals surface area (Å²) in [6, 6.07) is 2.10. The van der Waals surface area contributed by atoms with Gasteiger partial charge in [0.05, 0.1) is 5.56 Å². The monoisotopic (exact) mass is 258 g/mol. The molecule has 3 N–H and O–H groups in total. The van der Waals surface area contributed by atoms with Crippen LogP contribution in [0, 0.1) is 11.3 Å². The fourth-order valence-electron chi connectivity index (χ4n) is 3.28. The quantitative estimate of drug-likeness (QED) is 0.630. The lowest BCUT2D eigenvalue weighted by atomic mass is 9.99. The van der Waals surface area contributed by atoms with Gasteiger partial charge in [0.15, 0.2) is 0 Å². The summed E-state index contributed by atoms with van der Waals surface area (Å²) in [6.07, 6.45) is 5.83. The molecule has 0 bridgehead atoms. The molecule has 2 heterocycles. The lowest BCUT2D eigenvalue weighted by Gasteiger charge is -2.33. The summed E-state index contributed by atoms with van der Waals surface area (Å²) in [4.78, 5) is 7.16. The molecular weight excluding hydrogens is 236 g/mol. The van der Waals surface area contributed by atoms with Crippen LogP contribution in [0.1, 0.15) is 43.0 Å². The summed E-state index contributed by atoms with van der Waals surface area (Å²) in [7, 11) is 0. The number of hydrogen-bond donors (Lipinski definition) is 2. The maximum absolute atomic E-state index is 7.82. The third-order valence-electron chi connectivity index (χ3n) is 4.28. The summed E-state index contributed by atoms with van der Waals surface area (Å²) in [5, 5.41) is 7.82. The van der Waals surface area contributed by atoms with Gasteiger partial charge < -0.3 is 10.6 Å². The first-order chi connectivity index (χ1) is 9.15. The first-order valence-corrected chi connectivity index (χ1v) is 7.27. The average molecular weight is 258 g/mol. The van der Waals surface area contributed by atoms with E-state index in [0.29, 0.717) is 5.92 Å². The van der Waals surface area contributed by atoms with Crippen LogP contribution >= 0.6 is 0 Å². The number of anilines is 1. The van der Waals surface area contributed by atoms with Crippen molar-refractivity contribution in [3.05, 3.63) is 22.9 Å². The van der Waals surface area contributed by atoms with Gasteiger partial charge in [-0.1, -0.05) is 6.92 Å². The number of piperidine rings is 1. The smallest absolute Gasteiger partial charge is 0.139 e. The van der Waals surface area contributed by atoms with E-state index in [1.54, 1.807) is 0 Å². The number of fused-ring (bicyclic) bond motifs is 1. The molecule has 0 spiro atoms. The molecule has 1 fully saturated rings. The standard InChI is InChI=1S/C15H22N4/c1-10-4-3-7-19(9-10)15-12(14(16)17)8-11-5-2-6-13(11)18-15/h8,10H,2-7,9H2,1H3,(H3,16,17). The first-order valence-electron chi connectivity index (χ1n) is 7.27. The van der Waals surface area contributed by atoms with E-state index in [0.717, 1.165) is 37.3 Å². The van der Waals surface area contributed by atoms with E-state index in [2.05, 4.69) is 17.9 Å². The van der Waals surface area contributed by atoms with Gasteiger partial charge in [-0.15, -0.1) is 0 Å². The van der Waals surface area contributed by atoms with Crippen LogP contribution in [0.4, 0.5) is 5.82 Å². The lowest BCUT2D eigenvalue weighted by molar-refractivity contribution is 0.444. The van der Waals surface area contributed by atoms with Gasteiger partial charge in [0.1, 0.15) is 11.7 Å². The molecule has 0 saturated carbocycles. The summed E-state index contributed by atoms with van der Waals surface area (Å²) in [5.41, 5.74) is 9.11. The van der Waals surface area contributed by atoms with Gasteiger partial charge in [0, 0.05) is 18.8 Å². The predicted octanol–water partition coefficient (Wildman–Crippen LogP) is 2.09. The Balaban J connectivity index is 2.01. The fourth-order valence-corrected chi connectivity index (χ4v) is 3.28. The molecule has 4 heteroatoms. The molecule has 3 rings (SSSR count). The van der Waals surface area contributed by atoms with E-state index >= 15 is 0 Å². The number of rotatable bonds is 2. The minimum Gasteiger partial charge on any atom is -0.384 e. The van der Waals surface area contributed by atoms with Crippen molar-refractivity contribution >= 4 is 11.7 Å². The molecule has 1 aliphatic carbocycles. The highest BCUT2D eigenvalue weighted by molar-refractivity contribution is 6.00. The molecule has 1 atom stereocenters. The Bertz CT molecular complexity index is 509. The van der Waals surface area contributed by atoms with Gasteiger partial charge in [-0.3, -0.25) is 5.41 Å². The Morgan fingerprint density at radius 3 is 3.00 bits per heavy atom. The molecule has 1 aromatic heterocycles. The summed E-state index contributed by atoms with van der Waals surface area (Å²) in [5.74, 6) is 1.79. The number of amidine groups is 1. The zero-order valence-corrected chi connectivity index (χ0v) is 11.6. The number of hydrogen-bond acceptors (Lipinski definition) is 3. The highest BCUT2D eigenvalue weighted by Gasteiger charge is 2.24. The fraction of sp³-hybridized carbons (Fsp3) is 0.600. The van der Waals surface area contributed by atoms with Crippen molar-refractivity contribution in [3.63, 3.8) is 0 Å². The molecule has 1 saturated heterocycles. The number of aromatic nitrogens is 1. The van der Waals surface area contributed by atoms with Crippen molar-refractivity contribution < 1.29 is 0 Å². The summed E-state index contributed by atoms with van der Waals surface area (Å²) in [6.45, 7) is 4.36.